The zero-order chi connectivity index (χ0) is 10.5. The van der Waals surface area contributed by atoms with Crippen molar-refractivity contribution in [1.82, 2.24) is 0 Å². The molecule has 1 nitrogen and oxygen atoms in total. The Labute approximate surface area is 80.5 Å². The van der Waals surface area contributed by atoms with Crippen LogP contribution in [0.25, 0.3) is 0 Å². The first-order valence-corrected chi connectivity index (χ1v) is 4.34. The molecule has 0 aliphatic heterocycles. The maximum atomic E-state index is 9.50. The second kappa shape index (κ2) is 13.7. The maximum absolute atomic E-state index is 9.50. The SMILES string of the molecule is CC.CF.COCc1ccccc1. The number of halogens is 1. The fraction of sp³-hybridized carbons (Fsp3) is 0.455. The van der Waals surface area contributed by atoms with E-state index in [0.29, 0.717) is 13.8 Å². The molecule has 0 unspecified atom stereocenters. The van der Waals surface area contributed by atoms with E-state index >= 15 is 0 Å². The Kier molecular flexibility index (Phi) is 15.4. The predicted molar refractivity (Wildman–Crippen MR) is 55.5 cm³/mol. The fourth-order valence-corrected chi connectivity index (χ4v) is 0.741. The van der Waals surface area contributed by atoms with Crippen LogP contribution in [-0.4, -0.2) is 14.3 Å². The number of hydrogen-bond donors (Lipinski definition) is 0. The summed E-state index contributed by atoms with van der Waals surface area (Å²) in [6.07, 6.45) is 0. The van der Waals surface area contributed by atoms with Gasteiger partial charge < -0.3 is 4.74 Å². The summed E-state index contributed by atoms with van der Waals surface area (Å²) in [6.45, 7) is 4.71. The van der Waals surface area contributed by atoms with Crippen molar-refractivity contribution >= 4 is 0 Å². The van der Waals surface area contributed by atoms with Crippen LogP contribution >= 0.6 is 0 Å². The Morgan fingerprint density at radius 1 is 1.08 bits per heavy atom. The van der Waals surface area contributed by atoms with Crippen LogP contribution in [0.15, 0.2) is 30.3 Å². The second-order valence-electron chi connectivity index (χ2n) is 1.92. The summed E-state index contributed by atoms with van der Waals surface area (Å²) in [5.41, 5.74) is 1.22. The lowest BCUT2D eigenvalue weighted by atomic mass is 10.2. The number of rotatable bonds is 2. The maximum Gasteiger partial charge on any atom is 0.0785 e. The zero-order valence-electron chi connectivity index (χ0n) is 8.88. The Bertz CT molecular complexity index is 163. The highest BCUT2D eigenvalue weighted by atomic mass is 19.1. The van der Waals surface area contributed by atoms with Crippen molar-refractivity contribution in [3.8, 4) is 0 Å². The van der Waals surface area contributed by atoms with E-state index in [-0.39, 0.29) is 0 Å². The van der Waals surface area contributed by atoms with Gasteiger partial charge in [-0.3, -0.25) is 4.39 Å². The van der Waals surface area contributed by atoms with Crippen molar-refractivity contribution in [3.05, 3.63) is 35.9 Å². The third-order valence-electron chi connectivity index (χ3n) is 1.15. The van der Waals surface area contributed by atoms with Gasteiger partial charge in [0.15, 0.2) is 0 Å². The topological polar surface area (TPSA) is 9.23 Å². The van der Waals surface area contributed by atoms with Crippen LogP contribution in [0, 0.1) is 0 Å². The number of hydrogen-bond acceptors (Lipinski definition) is 1. The molecule has 76 valence electrons. The van der Waals surface area contributed by atoms with Gasteiger partial charge in [-0.25, -0.2) is 0 Å². The van der Waals surface area contributed by atoms with Crippen LogP contribution in [0.3, 0.4) is 0 Å². The zero-order valence-corrected chi connectivity index (χ0v) is 8.88. The summed E-state index contributed by atoms with van der Waals surface area (Å²) in [4.78, 5) is 0. The van der Waals surface area contributed by atoms with Gasteiger partial charge in [0.2, 0.25) is 0 Å². The third kappa shape index (κ3) is 9.02. The van der Waals surface area contributed by atoms with Crippen molar-refractivity contribution < 1.29 is 9.13 Å². The molecule has 1 aromatic rings. The van der Waals surface area contributed by atoms with Gasteiger partial charge in [0.05, 0.1) is 13.8 Å². The number of methoxy groups -OCH3 is 1. The summed E-state index contributed by atoms with van der Waals surface area (Å²) in [5, 5.41) is 0. The van der Waals surface area contributed by atoms with Crippen molar-refractivity contribution in [2.75, 3.05) is 14.3 Å². The fourth-order valence-electron chi connectivity index (χ4n) is 0.741. The molecule has 0 N–H and O–H groups in total. The standard InChI is InChI=1S/C8H10O.C2H6.CH3F/c1-9-7-8-5-3-2-4-6-8;2*1-2/h2-6H,7H2,1H3;1-2H3;1H3. The van der Waals surface area contributed by atoms with E-state index in [1.165, 1.54) is 5.56 Å². The van der Waals surface area contributed by atoms with Gasteiger partial charge in [0, 0.05) is 7.11 Å². The molecule has 0 aliphatic carbocycles. The molecular formula is C11H19FO. The van der Waals surface area contributed by atoms with E-state index < -0.39 is 0 Å². The van der Waals surface area contributed by atoms with Gasteiger partial charge in [0.25, 0.3) is 0 Å². The van der Waals surface area contributed by atoms with Crippen molar-refractivity contribution in [3.63, 3.8) is 0 Å². The smallest absolute Gasteiger partial charge is 0.0785 e. The molecule has 1 aromatic carbocycles. The van der Waals surface area contributed by atoms with E-state index in [1.807, 2.05) is 44.2 Å². The molecule has 13 heavy (non-hydrogen) atoms. The minimum absolute atomic E-state index is 0.500. The lowest BCUT2D eigenvalue weighted by Gasteiger charge is -1.95. The molecule has 0 bridgehead atoms. The van der Waals surface area contributed by atoms with E-state index in [2.05, 4.69) is 0 Å². The van der Waals surface area contributed by atoms with E-state index in [1.54, 1.807) is 7.11 Å². The van der Waals surface area contributed by atoms with Crippen LogP contribution in [0.1, 0.15) is 19.4 Å². The molecule has 0 amide bonds. The lowest BCUT2D eigenvalue weighted by molar-refractivity contribution is 0.185. The van der Waals surface area contributed by atoms with Gasteiger partial charge >= 0.3 is 0 Å². The molecule has 0 heterocycles. The van der Waals surface area contributed by atoms with Gasteiger partial charge in [-0.1, -0.05) is 44.2 Å². The van der Waals surface area contributed by atoms with Crippen molar-refractivity contribution in [2.24, 2.45) is 0 Å². The average molecular weight is 186 g/mol. The van der Waals surface area contributed by atoms with E-state index in [9.17, 15) is 4.39 Å². The van der Waals surface area contributed by atoms with Gasteiger partial charge in [-0.2, -0.15) is 0 Å². The van der Waals surface area contributed by atoms with Crippen LogP contribution in [0.5, 0.6) is 0 Å². The highest BCUT2D eigenvalue weighted by Gasteiger charge is 1.84. The molecule has 2 heteroatoms. The van der Waals surface area contributed by atoms with E-state index in [0.717, 1.165) is 0 Å². The van der Waals surface area contributed by atoms with Crippen LogP contribution in [-0.2, 0) is 11.3 Å². The quantitative estimate of drug-likeness (QED) is 0.687. The summed E-state index contributed by atoms with van der Waals surface area (Å²) in [7, 11) is 2.20. The molecular weight excluding hydrogens is 167 g/mol. The first-order chi connectivity index (χ1) is 6.43. The van der Waals surface area contributed by atoms with Gasteiger partial charge in [-0.15, -0.1) is 0 Å². The van der Waals surface area contributed by atoms with Crippen LogP contribution < -0.4 is 0 Å². The Balaban J connectivity index is 0. The summed E-state index contributed by atoms with van der Waals surface area (Å²) >= 11 is 0. The lowest BCUT2D eigenvalue weighted by Crippen LogP contribution is -1.84. The number of ether oxygens (including phenoxy) is 1. The Morgan fingerprint density at radius 2 is 1.54 bits per heavy atom. The highest BCUT2D eigenvalue weighted by molar-refractivity contribution is 5.13. The van der Waals surface area contributed by atoms with E-state index in [4.69, 9.17) is 4.74 Å². The summed E-state index contributed by atoms with van der Waals surface area (Å²) in [6, 6.07) is 10.1. The third-order valence-corrected chi connectivity index (χ3v) is 1.15. The Hall–Kier alpha value is -0.890. The minimum Gasteiger partial charge on any atom is -0.380 e. The largest absolute Gasteiger partial charge is 0.380 e. The first-order valence-electron chi connectivity index (χ1n) is 4.34. The highest BCUT2D eigenvalue weighted by Crippen LogP contribution is 1.98. The van der Waals surface area contributed by atoms with Crippen molar-refractivity contribution in [1.29, 1.82) is 0 Å². The molecule has 0 atom stereocenters. The molecule has 0 saturated heterocycles. The number of benzene rings is 1. The first kappa shape index (κ1) is 14.6. The number of alkyl halides is 1. The monoisotopic (exact) mass is 186 g/mol. The molecule has 0 aromatic heterocycles. The second-order valence-corrected chi connectivity index (χ2v) is 1.92. The average Bonchev–Trinajstić information content (AvgIpc) is 2.26. The van der Waals surface area contributed by atoms with Gasteiger partial charge in [0.1, 0.15) is 0 Å². The van der Waals surface area contributed by atoms with Crippen LogP contribution in [0.4, 0.5) is 4.39 Å². The Morgan fingerprint density at radius 3 is 1.92 bits per heavy atom. The summed E-state index contributed by atoms with van der Waals surface area (Å²) < 4.78 is 14.4. The molecule has 0 fully saturated rings. The molecule has 0 aliphatic rings. The minimum atomic E-state index is 0.500. The molecule has 1 rings (SSSR count). The molecule has 0 spiro atoms. The molecule has 0 radical (unpaired) electrons. The van der Waals surface area contributed by atoms with Crippen LogP contribution in [0.2, 0.25) is 0 Å². The van der Waals surface area contributed by atoms with Gasteiger partial charge in [-0.05, 0) is 5.56 Å². The van der Waals surface area contributed by atoms with Crippen molar-refractivity contribution in [2.45, 2.75) is 20.5 Å². The normalized spacial score (nSPS) is 7.46. The summed E-state index contributed by atoms with van der Waals surface area (Å²) in [5.74, 6) is 0. The molecule has 0 saturated carbocycles. The predicted octanol–water partition coefficient (Wildman–Crippen LogP) is 3.44.